The second kappa shape index (κ2) is 11.4. The van der Waals surface area contributed by atoms with Crippen LogP contribution >= 0.6 is 0 Å². The smallest absolute Gasteiger partial charge is 0.421 e. The van der Waals surface area contributed by atoms with E-state index in [-0.39, 0.29) is 29.8 Å². The maximum absolute atomic E-state index is 13.8. The standard InChI is InChI=1S/C25H34F3N7O2/c1-16(36)30-19-6-4-5-7-20(19)31-23-18(25(26,27)28)15-29-24(33-23)32-21-9-8-17(14-22(21)37-3)35-12-10-34(2)11-13-35/h8-9,14-15,19-20H,4-7,10-13H2,1-3H3,(H,30,36)(H2,29,31,32,33)/t19-,20-/m1/s1. The van der Waals surface area contributed by atoms with Crippen LogP contribution in [0.5, 0.6) is 5.75 Å². The maximum atomic E-state index is 13.8. The van der Waals surface area contributed by atoms with E-state index in [1.165, 1.54) is 6.92 Å². The molecule has 1 aliphatic carbocycles. The minimum Gasteiger partial charge on any atom is -0.494 e. The zero-order valence-corrected chi connectivity index (χ0v) is 21.4. The first kappa shape index (κ1) is 26.8. The summed E-state index contributed by atoms with van der Waals surface area (Å²) in [5.74, 6) is 0.00708. The topological polar surface area (TPSA) is 94.6 Å². The fourth-order valence-electron chi connectivity index (χ4n) is 4.84. The van der Waals surface area contributed by atoms with E-state index in [0.29, 0.717) is 24.3 Å². The number of piperazine rings is 1. The zero-order valence-electron chi connectivity index (χ0n) is 21.4. The second-order valence-corrected chi connectivity index (χ2v) is 9.60. The van der Waals surface area contributed by atoms with Crippen molar-refractivity contribution in [3.05, 3.63) is 30.0 Å². The molecule has 4 rings (SSSR count). The van der Waals surface area contributed by atoms with Crippen molar-refractivity contribution in [2.75, 3.05) is 55.9 Å². The second-order valence-electron chi connectivity index (χ2n) is 9.60. The summed E-state index contributed by atoms with van der Waals surface area (Å²) in [4.78, 5) is 24.3. The van der Waals surface area contributed by atoms with Gasteiger partial charge in [-0.2, -0.15) is 18.2 Å². The van der Waals surface area contributed by atoms with Crippen LogP contribution in [0.15, 0.2) is 24.4 Å². The lowest BCUT2D eigenvalue weighted by atomic mass is 9.90. The average Bonchev–Trinajstić information content (AvgIpc) is 2.85. The molecule has 2 heterocycles. The van der Waals surface area contributed by atoms with Crippen LogP contribution in [0.4, 0.5) is 36.3 Å². The van der Waals surface area contributed by atoms with Crippen LogP contribution < -0.4 is 25.6 Å². The Bertz CT molecular complexity index is 1090. The van der Waals surface area contributed by atoms with E-state index in [4.69, 9.17) is 4.74 Å². The van der Waals surface area contributed by atoms with Crippen LogP contribution in [0.3, 0.4) is 0 Å². The zero-order chi connectivity index (χ0) is 26.6. The first-order valence-corrected chi connectivity index (χ1v) is 12.5. The molecule has 0 radical (unpaired) electrons. The molecule has 12 heteroatoms. The number of carbonyl (C=O) groups excluding carboxylic acids is 1. The third-order valence-corrected chi connectivity index (χ3v) is 6.87. The van der Waals surface area contributed by atoms with Gasteiger partial charge in [-0.25, -0.2) is 4.98 Å². The molecule has 1 amide bonds. The van der Waals surface area contributed by atoms with Gasteiger partial charge in [-0.1, -0.05) is 12.8 Å². The predicted molar refractivity (Wildman–Crippen MR) is 137 cm³/mol. The van der Waals surface area contributed by atoms with E-state index < -0.39 is 11.7 Å². The van der Waals surface area contributed by atoms with Crippen molar-refractivity contribution >= 4 is 29.0 Å². The van der Waals surface area contributed by atoms with Crippen molar-refractivity contribution in [1.29, 1.82) is 0 Å². The van der Waals surface area contributed by atoms with Crippen LogP contribution in [0.1, 0.15) is 38.2 Å². The lowest BCUT2D eigenvalue weighted by molar-refractivity contribution is -0.137. The Morgan fingerprint density at radius 3 is 2.46 bits per heavy atom. The lowest BCUT2D eigenvalue weighted by Gasteiger charge is -2.34. The summed E-state index contributed by atoms with van der Waals surface area (Å²) in [5.41, 5.74) is 0.593. The number of nitrogens with zero attached hydrogens (tertiary/aromatic N) is 4. The molecule has 0 unspecified atom stereocenters. The fraction of sp³-hybridized carbons (Fsp3) is 0.560. The summed E-state index contributed by atoms with van der Waals surface area (Å²) in [5, 5.41) is 8.81. The molecule has 2 atom stereocenters. The molecule has 1 aromatic carbocycles. The number of amides is 1. The van der Waals surface area contributed by atoms with Crippen molar-refractivity contribution in [3.8, 4) is 5.75 Å². The summed E-state index contributed by atoms with van der Waals surface area (Å²) >= 11 is 0. The van der Waals surface area contributed by atoms with Gasteiger partial charge in [0.1, 0.15) is 17.1 Å². The molecule has 1 saturated carbocycles. The fourth-order valence-corrected chi connectivity index (χ4v) is 4.84. The number of carbonyl (C=O) groups is 1. The number of alkyl halides is 3. The number of nitrogens with one attached hydrogen (secondary N) is 3. The molecule has 37 heavy (non-hydrogen) atoms. The summed E-state index contributed by atoms with van der Waals surface area (Å²) < 4.78 is 46.9. The monoisotopic (exact) mass is 521 g/mol. The number of rotatable bonds is 7. The third-order valence-electron chi connectivity index (χ3n) is 6.87. The molecular weight excluding hydrogens is 487 g/mol. The highest BCUT2D eigenvalue weighted by Crippen LogP contribution is 2.37. The van der Waals surface area contributed by atoms with Crippen molar-refractivity contribution in [3.63, 3.8) is 0 Å². The number of ether oxygens (including phenoxy) is 1. The molecular formula is C25H34F3N7O2. The Balaban J connectivity index is 1.57. The summed E-state index contributed by atoms with van der Waals surface area (Å²) in [6.07, 6.45) is -0.806. The number of hydrogen-bond donors (Lipinski definition) is 3. The van der Waals surface area contributed by atoms with Gasteiger partial charge < -0.3 is 30.5 Å². The van der Waals surface area contributed by atoms with Crippen LogP contribution in [-0.2, 0) is 11.0 Å². The van der Waals surface area contributed by atoms with Crippen molar-refractivity contribution in [1.82, 2.24) is 20.2 Å². The minimum atomic E-state index is -4.64. The third kappa shape index (κ3) is 6.73. The highest BCUT2D eigenvalue weighted by Gasteiger charge is 2.37. The predicted octanol–water partition coefficient (Wildman–Crippen LogP) is 3.86. The molecule has 0 spiro atoms. The summed E-state index contributed by atoms with van der Waals surface area (Å²) in [7, 11) is 3.63. The quantitative estimate of drug-likeness (QED) is 0.506. The molecule has 202 valence electrons. The molecule has 1 aliphatic heterocycles. The lowest BCUT2D eigenvalue weighted by Crippen LogP contribution is -2.48. The van der Waals surface area contributed by atoms with Gasteiger partial charge in [0.05, 0.1) is 12.8 Å². The van der Waals surface area contributed by atoms with E-state index >= 15 is 0 Å². The van der Waals surface area contributed by atoms with E-state index in [9.17, 15) is 18.0 Å². The van der Waals surface area contributed by atoms with Crippen LogP contribution in [-0.4, -0.2) is 73.2 Å². The molecule has 9 nitrogen and oxygen atoms in total. The molecule has 1 saturated heterocycles. The number of aromatic nitrogens is 2. The molecule has 2 aromatic rings. The molecule has 2 fully saturated rings. The number of benzene rings is 1. The minimum absolute atomic E-state index is 0.00744. The van der Waals surface area contributed by atoms with Gasteiger partial charge in [0, 0.05) is 63.1 Å². The number of halogens is 3. The average molecular weight is 522 g/mol. The van der Waals surface area contributed by atoms with Crippen LogP contribution in [0, 0.1) is 0 Å². The Morgan fingerprint density at radius 1 is 1.11 bits per heavy atom. The van der Waals surface area contributed by atoms with E-state index in [1.807, 2.05) is 18.2 Å². The van der Waals surface area contributed by atoms with Gasteiger partial charge in [0.25, 0.3) is 0 Å². The van der Waals surface area contributed by atoms with Gasteiger partial charge in [-0.15, -0.1) is 0 Å². The first-order chi connectivity index (χ1) is 17.6. The van der Waals surface area contributed by atoms with E-state index in [0.717, 1.165) is 50.9 Å². The summed E-state index contributed by atoms with van der Waals surface area (Å²) in [6, 6.07) is 5.00. The van der Waals surface area contributed by atoms with Gasteiger partial charge in [-0.05, 0) is 32.0 Å². The number of methoxy groups -OCH3 is 1. The molecule has 2 aliphatic rings. The summed E-state index contributed by atoms with van der Waals surface area (Å²) in [6.45, 7) is 5.11. The van der Waals surface area contributed by atoms with Crippen molar-refractivity contribution < 1.29 is 22.7 Å². The van der Waals surface area contributed by atoms with Crippen LogP contribution in [0.2, 0.25) is 0 Å². The Labute approximate surface area is 214 Å². The van der Waals surface area contributed by atoms with Crippen molar-refractivity contribution in [2.24, 2.45) is 0 Å². The van der Waals surface area contributed by atoms with Gasteiger partial charge in [0.2, 0.25) is 11.9 Å². The number of anilines is 4. The SMILES string of the molecule is COc1cc(N2CCN(C)CC2)ccc1Nc1ncc(C(F)(F)F)c(N[C@@H]2CCCC[C@H]2NC(C)=O)n1. The van der Waals surface area contributed by atoms with E-state index in [2.05, 4.69) is 42.8 Å². The maximum Gasteiger partial charge on any atom is 0.421 e. The largest absolute Gasteiger partial charge is 0.494 e. The Kier molecular flexibility index (Phi) is 8.25. The first-order valence-electron chi connectivity index (χ1n) is 12.5. The molecule has 3 N–H and O–H groups in total. The normalized spacial score (nSPS) is 20.9. The highest BCUT2D eigenvalue weighted by molar-refractivity contribution is 5.73. The molecule has 1 aromatic heterocycles. The Morgan fingerprint density at radius 2 is 1.81 bits per heavy atom. The van der Waals surface area contributed by atoms with Gasteiger partial charge in [0.15, 0.2) is 0 Å². The number of likely N-dealkylation sites (N-methyl/N-ethyl adjacent to an activating group) is 1. The molecule has 0 bridgehead atoms. The van der Waals surface area contributed by atoms with Gasteiger partial charge >= 0.3 is 6.18 Å². The number of hydrogen-bond acceptors (Lipinski definition) is 8. The van der Waals surface area contributed by atoms with Crippen LogP contribution in [0.25, 0.3) is 0 Å². The van der Waals surface area contributed by atoms with Gasteiger partial charge in [-0.3, -0.25) is 4.79 Å². The Hall–Kier alpha value is -3.28. The van der Waals surface area contributed by atoms with E-state index in [1.54, 1.807) is 7.11 Å². The van der Waals surface area contributed by atoms with Crippen molar-refractivity contribution in [2.45, 2.75) is 50.9 Å². The highest BCUT2D eigenvalue weighted by atomic mass is 19.4.